The van der Waals surface area contributed by atoms with E-state index in [1.54, 1.807) is 0 Å². The summed E-state index contributed by atoms with van der Waals surface area (Å²) in [5, 5.41) is 0.687. The van der Waals surface area contributed by atoms with Gasteiger partial charge in [0.1, 0.15) is 0 Å². The molecule has 2 aromatic heterocycles. The highest BCUT2D eigenvalue weighted by molar-refractivity contribution is 6.33. The fourth-order valence-electron chi connectivity index (χ4n) is 2.69. The van der Waals surface area contributed by atoms with E-state index in [1.807, 2.05) is 42.9 Å². The summed E-state index contributed by atoms with van der Waals surface area (Å²) < 4.78 is 0. The molecule has 0 atom stereocenters. The Hall–Kier alpha value is -2.23. The van der Waals surface area contributed by atoms with Crippen LogP contribution in [0.15, 0.2) is 55.0 Å². The molecule has 3 rings (SSSR count). The molecular formula is C21H22ClN3. The number of aromatic nitrogens is 2. The Morgan fingerprint density at radius 1 is 0.960 bits per heavy atom. The van der Waals surface area contributed by atoms with Gasteiger partial charge < -0.3 is 5.73 Å². The maximum Gasteiger partial charge on any atom is 0.0488 e. The molecule has 4 heteroatoms. The normalized spacial score (nSPS) is 11.6. The standard InChI is InChI=1S/C21H22ClN3/c1-21(2,3)20-10-15(6-7-25-20)16-9-17(13-24-12-16)18-5-4-14(11-23)8-19(18)22/h4-10,12-13H,11,23H2,1-3H3. The summed E-state index contributed by atoms with van der Waals surface area (Å²) >= 11 is 6.43. The predicted octanol–water partition coefficient (Wildman–Crippen LogP) is 5.22. The molecule has 3 aromatic rings. The highest BCUT2D eigenvalue weighted by atomic mass is 35.5. The van der Waals surface area contributed by atoms with Gasteiger partial charge in [0.05, 0.1) is 0 Å². The fourth-order valence-corrected chi connectivity index (χ4v) is 3.00. The molecule has 0 unspecified atom stereocenters. The van der Waals surface area contributed by atoms with Gasteiger partial charge >= 0.3 is 0 Å². The van der Waals surface area contributed by atoms with Crippen molar-refractivity contribution >= 4 is 11.6 Å². The number of rotatable bonds is 3. The smallest absolute Gasteiger partial charge is 0.0488 e. The van der Waals surface area contributed by atoms with E-state index in [9.17, 15) is 0 Å². The summed E-state index contributed by atoms with van der Waals surface area (Å²) in [5.74, 6) is 0. The van der Waals surface area contributed by atoms with Crippen molar-refractivity contribution < 1.29 is 0 Å². The third kappa shape index (κ3) is 3.89. The van der Waals surface area contributed by atoms with Crippen LogP contribution in [-0.4, -0.2) is 9.97 Å². The van der Waals surface area contributed by atoms with Crippen LogP contribution in [0.3, 0.4) is 0 Å². The highest BCUT2D eigenvalue weighted by Gasteiger charge is 2.16. The first-order valence-corrected chi connectivity index (χ1v) is 8.67. The quantitative estimate of drug-likeness (QED) is 0.703. The van der Waals surface area contributed by atoms with Gasteiger partial charge in [-0.25, -0.2) is 0 Å². The molecule has 0 bridgehead atoms. The Balaban J connectivity index is 2.03. The first-order chi connectivity index (χ1) is 11.9. The molecular weight excluding hydrogens is 330 g/mol. The minimum Gasteiger partial charge on any atom is -0.326 e. The molecule has 25 heavy (non-hydrogen) atoms. The van der Waals surface area contributed by atoms with Crippen molar-refractivity contribution in [2.45, 2.75) is 32.7 Å². The Labute approximate surface area is 153 Å². The van der Waals surface area contributed by atoms with Crippen molar-refractivity contribution in [2.75, 3.05) is 0 Å². The van der Waals surface area contributed by atoms with E-state index in [0.29, 0.717) is 11.6 Å². The second kappa shape index (κ2) is 6.95. The predicted molar refractivity (Wildman–Crippen MR) is 105 cm³/mol. The van der Waals surface area contributed by atoms with E-state index in [1.165, 1.54) is 0 Å². The molecule has 3 nitrogen and oxygen atoms in total. The maximum absolute atomic E-state index is 6.43. The molecule has 0 aliphatic carbocycles. The zero-order chi connectivity index (χ0) is 18.0. The molecule has 0 saturated carbocycles. The molecule has 0 fully saturated rings. The molecule has 0 saturated heterocycles. The van der Waals surface area contributed by atoms with Crippen LogP contribution >= 0.6 is 11.6 Å². The van der Waals surface area contributed by atoms with E-state index < -0.39 is 0 Å². The second-order valence-corrected chi connectivity index (χ2v) is 7.57. The summed E-state index contributed by atoms with van der Waals surface area (Å²) in [6.07, 6.45) is 5.55. The van der Waals surface area contributed by atoms with Crippen LogP contribution in [0.5, 0.6) is 0 Å². The third-order valence-corrected chi connectivity index (χ3v) is 4.49. The van der Waals surface area contributed by atoms with E-state index in [-0.39, 0.29) is 5.41 Å². The van der Waals surface area contributed by atoms with Crippen LogP contribution in [0, 0.1) is 0 Å². The summed E-state index contributed by atoms with van der Waals surface area (Å²) in [7, 11) is 0. The molecule has 2 N–H and O–H groups in total. The lowest BCUT2D eigenvalue weighted by Crippen LogP contribution is -2.13. The number of benzene rings is 1. The highest BCUT2D eigenvalue weighted by Crippen LogP contribution is 2.32. The van der Waals surface area contributed by atoms with Gasteiger partial charge in [-0.3, -0.25) is 9.97 Å². The number of halogens is 1. The number of nitrogens with two attached hydrogens (primary N) is 1. The molecule has 2 heterocycles. The lowest BCUT2D eigenvalue weighted by Gasteiger charge is -2.18. The van der Waals surface area contributed by atoms with E-state index in [0.717, 1.165) is 33.5 Å². The summed E-state index contributed by atoms with van der Waals surface area (Å²) in [6, 6.07) is 12.2. The third-order valence-electron chi connectivity index (χ3n) is 4.18. The molecule has 0 radical (unpaired) electrons. The zero-order valence-corrected chi connectivity index (χ0v) is 15.5. The van der Waals surface area contributed by atoms with Gasteiger partial charge in [0, 0.05) is 58.0 Å². The first kappa shape index (κ1) is 17.6. The van der Waals surface area contributed by atoms with Crippen LogP contribution in [-0.2, 0) is 12.0 Å². The molecule has 0 aliphatic rings. The van der Waals surface area contributed by atoms with Gasteiger partial charge in [-0.05, 0) is 35.4 Å². The number of hydrogen-bond donors (Lipinski definition) is 1. The Morgan fingerprint density at radius 3 is 2.40 bits per heavy atom. The van der Waals surface area contributed by atoms with Gasteiger partial charge in [0.15, 0.2) is 0 Å². The maximum atomic E-state index is 6.43. The fraction of sp³-hybridized carbons (Fsp3) is 0.238. The van der Waals surface area contributed by atoms with Crippen molar-refractivity contribution in [2.24, 2.45) is 5.73 Å². The van der Waals surface area contributed by atoms with Crippen LogP contribution in [0.25, 0.3) is 22.3 Å². The van der Waals surface area contributed by atoms with Crippen LogP contribution in [0.4, 0.5) is 0 Å². The van der Waals surface area contributed by atoms with Gasteiger partial charge in [-0.1, -0.05) is 44.5 Å². The van der Waals surface area contributed by atoms with Gasteiger partial charge in [0.2, 0.25) is 0 Å². The zero-order valence-electron chi connectivity index (χ0n) is 14.8. The Bertz CT molecular complexity index is 898. The molecule has 0 spiro atoms. The molecule has 128 valence electrons. The second-order valence-electron chi connectivity index (χ2n) is 7.16. The average molecular weight is 352 g/mol. The van der Waals surface area contributed by atoms with Crippen LogP contribution in [0.1, 0.15) is 32.0 Å². The van der Waals surface area contributed by atoms with Crippen molar-refractivity contribution in [3.63, 3.8) is 0 Å². The largest absolute Gasteiger partial charge is 0.326 e. The molecule has 0 aliphatic heterocycles. The number of pyridine rings is 2. The summed E-state index contributed by atoms with van der Waals surface area (Å²) in [4.78, 5) is 8.91. The van der Waals surface area contributed by atoms with E-state index in [2.05, 4.69) is 42.9 Å². The first-order valence-electron chi connectivity index (χ1n) is 8.29. The van der Waals surface area contributed by atoms with Crippen LogP contribution < -0.4 is 5.73 Å². The minimum absolute atomic E-state index is 0.00239. The molecule has 1 aromatic carbocycles. The van der Waals surface area contributed by atoms with Gasteiger partial charge in [-0.2, -0.15) is 0 Å². The van der Waals surface area contributed by atoms with Crippen LogP contribution in [0.2, 0.25) is 5.02 Å². The number of nitrogens with zero attached hydrogens (tertiary/aromatic N) is 2. The van der Waals surface area contributed by atoms with Gasteiger partial charge in [-0.15, -0.1) is 0 Å². The van der Waals surface area contributed by atoms with E-state index >= 15 is 0 Å². The number of hydrogen-bond acceptors (Lipinski definition) is 3. The molecule has 0 amide bonds. The Morgan fingerprint density at radius 2 is 1.72 bits per heavy atom. The summed E-state index contributed by atoms with van der Waals surface area (Å²) in [6.45, 7) is 6.95. The lowest BCUT2D eigenvalue weighted by atomic mass is 9.90. The average Bonchev–Trinajstić information content (AvgIpc) is 2.61. The summed E-state index contributed by atoms with van der Waals surface area (Å²) in [5.41, 5.74) is 11.8. The lowest BCUT2D eigenvalue weighted by molar-refractivity contribution is 0.569. The SMILES string of the molecule is CC(C)(C)c1cc(-c2cncc(-c3ccc(CN)cc3Cl)c2)ccn1. The monoisotopic (exact) mass is 351 g/mol. The van der Waals surface area contributed by atoms with Gasteiger partial charge in [0.25, 0.3) is 0 Å². The topological polar surface area (TPSA) is 51.8 Å². The van der Waals surface area contributed by atoms with E-state index in [4.69, 9.17) is 17.3 Å². The van der Waals surface area contributed by atoms with Crippen molar-refractivity contribution in [3.8, 4) is 22.3 Å². The van der Waals surface area contributed by atoms with Crippen molar-refractivity contribution in [1.29, 1.82) is 0 Å². The van der Waals surface area contributed by atoms with Crippen molar-refractivity contribution in [3.05, 3.63) is 71.3 Å². The minimum atomic E-state index is 0.00239. The Kier molecular flexibility index (Phi) is 4.89. The van der Waals surface area contributed by atoms with Crippen molar-refractivity contribution in [1.82, 2.24) is 9.97 Å².